The largest absolute Gasteiger partial charge is 0.407 e. The van der Waals surface area contributed by atoms with Crippen LogP contribution >= 0.6 is 0 Å². The van der Waals surface area contributed by atoms with Crippen LogP contribution in [0.3, 0.4) is 0 Å². The van der Waals surface area contributed by atoms with Crippen LogP contribution in [0, 0.1) is 0 Å². The van der Waals surface area contributed by atoms with Crippen LogP contribution in [-0.4, -0.2) is 33.7 Å². The number of benzene rings is 4. The summed E-state index contributed by atoms with van der Waals surface area (Å²) in [5, 5.41) is 2.60. The van der Waals surface area contributed by atoms with Crippen LogP contribution < -0.4 is 10.4 Å². The maximum Gasteiger partial charge on any atom is 0.261 e. The summed E-state index contributed by atoms with van der Waals surface area (Å²) in [6.45, 7) is 8.76. The van der Waals surface area contributed by atoms with Crippen LogP contribution in [0.5, 0.6) is 0 Å². The van der Waals surface area contributed by atoms with Gasteiger partial charge in [-0.3, -0.25) is 0 Å². The van der Waals surface area contributed by atoms with E-state index in [2.05, 4.69) is 118 Å². The minimum absolute atomic E-state index is 0.0293. The second-order valence-electron chi connectivity index (χ2n) is 12.1. The van der Waals surface area contributed by atoms with E-state index in [0.29, 0.717) is 19.8 Å². The third-order valence-corrected chi connectivity index (χ3v) is 13.2. The Morgan fingerprint density at radius 1 is 0.738 bits per heavy atom. The zero-order valence-electron chi connectivity index (χ0n) is 25.2. The molecule has 42 heavy (non-hydrogen) atoms. The smallest absolute Gasteiger partial charge is 0.261 e. The van der Waals surface area contributed by atoms with E-state index in [1.165, 1.54) is 10.4 Å². The summed E-state index contributed by atoms with van der Waals surface area (Å²) in [5.41, 5.74) is 2.21. The molecule has 0 aliphatic carbocycles. The first-order valence-corrected chi connectivity index (χ1v) is 17.1. The van der Waals surface area contributed by atoms with E-state index in [9.17, 15) is 0 Å². The van der Waals surface area contributed by atoms with Crippen LogP contribution in [0.1, 0.15) is 57.5 Å². The fourth-order valence-electron chi connectivity index (χ4n) is 5.99. The minimum Gasteiger partial charge on any atom is -0.407 e. The van der Waals surface area contributed by atoms with Gasteiger partial charge in [0.25, 0.3) is 8.32 Å². The van der Waals surface area contributed by atoms with Gasteiger partial charge in [0.2, 0.25) is 0 Å². The Bertz CT molecular complexity index is 1290. The van der Waals surface area contributed by atoms with Gasteiger partial charge in [-0.05, 0) is 40.2 Å². The molecule has 0 saturated carbocycles. The fourth-order valence-corrected chi connectivity index (χ4v) is 10.6. The molecule has 4 aromatic carbocycles. The van der Waals surface area contributed by atoms with Gasteiger partial charge in [-0.15, -0.1) is 0 Å². The maximum atomic E-state index is 7.12. The van der Waals surface area contributed by atoms with E-state index >= 15 is 0 Å². The molecule has 0 spiro atoms. The van der Waals surface area contributed by atoms with Crippen LogP contribution in [0.2, 0.25) is 5.04 Å². The maximum absolute atomic E-state index is 7.12. The summed E-state index contributed by atoms with van der Waals surface area (Å²) in [7, 11) is -2.53. The van der Waals surface area contributed by atoms with E-state index in [-0.39, 0.29) is 23.5 Å². The van der Waals surface area contributed by atoms with Crippen molar-refractivity contribution in [3.8, 4) is 0 Å². The van der Waals surface area contributed by atoms with Crippen molar-refractivity contribution < 1.29 is 18.6 Å². The summed E-state index contributed by atoms with van der Waals surface area (Å²) in [4.78, 5) is 0. The molecule has 5 heteroatoms. The number of unbranched alkanes of at least 4 members (excludes halogenated alkanes) is 1. The molecule has 3 atom stereocenters. The molecule has 1 fully saturated rings. The van der Waals surface area contributed by atoms with Crippen molar-refractivity contribution in [3.05, 3.63) is 132 Å². The molecule has 5 rings (SSSR count). The number of hydrogen-bond donors (Lipinski definition) is 0. The molecule has 1 heterocycles. The van der Waals surface area contributed by atoms with Crippen molar-refractivity contribution >= 4 is 18.7 Å². The van der Waals surface area contributed by atoms with Gasteiger partial charge in [0, 0.05) is 12.2 Å². The van der Waals surface area contributed by atoms with Gasteiger partial charge in [0.05, 0.1) is 19.3 Å². The molecular weight excluding hydrogens is 536 g/mol. The predicted octanol–water partition coefficient (Wildman–Crippen LogP) is 7.43. The predicted molar refractivity (Wildman–Crippen MR) is 172 cm³/mol. The van der Waals surface area contributed by atoms with Crippen molar-refractivity contribution in [3.63, 3.8) is 0 Å². The van der Waals surface area contributed by atoms with Gasteiger partial charge in [-0.25, -0.2) is 0 Å². The average Bonchev–Trinajstić information content (AvgIpc) is 3.52. The topological polar surface area (TPSA) is 36.9 Å². The quantitative estimate of drug-likeness (QED) is 0.122. The summed E-state index contributed by atoms with van der Waals surface area (Å²) < 4.78 is 26.1. The van der Waals surface area contributed by atoms with Crippen LogP contribution in [0.25, 0.3) is 0 Å². The lowest BCUT2D eigenvalue weighted by Gasteiger charge is -2.43. The van der Waals surface area contributed by atoms with E-state index in [1.54, 1.807) is 0 Å². The summed E-state index contributed by atoms with van der Waals surface area (Å²) >= 11 is 0. The highest BCUT2D eigenvalue weighted by Gasteiger charge is 2.50. The second-order valence-corrected chi connectivity index (χ2v) is 16.4. The number of hydrogen-bond acceptors (Lipinski definition) is 4. The first kappa shape index (κ1) is 30.4. The zero-order chi connectivity index (χ0) is 29.3. The molecule has 4 nitrogen and oxygen atoms in total. The first-order chi connectivity index (χ1) is 20.5. The lowest BCUT2D eigenvalue weighted by molar-refractivity contribution is -0.103. The van der Waals surface area contributed by atoms with E-state index in [1.807, 2.05) is 24.3 Å². The third-order valence-electron chi connectivity index (χ3n) is 8.12. The van der Waals surface area contributed by atoms with Crippen molar-refractivity contribution in [2.75, 3.05) is 13.2 Å². The highest BCUT2D eigenvalue weighted by Crippen LogP contribution is 2.37. The van der Waals surface area contributed by atoms with Crippen molar-refractivity contribution in [1.82, 2.24) is 0 Å². The Morgan fingerprint density at radius 2 is 1.29 bits per heavy atom. The summed E-state index contributed by atoms with van der Waals surface area (Å²) in [5.74, 6) is 0. The lowest BCUT2D eigenvalue weighted by atomic mass is 10.1. The first-order valence-electron chi connectivity index (χ1n) is 15.2. The van der Waals surface area contributed by atoms with Crippen molar-refractivity contribution in [2.24, 2.45) is 0 Å². The Hall–Kier alpha value is -3.06. The van der Waals surface area contributed by atoms with Gasteiger partial charge in [0.15, 0.2) is 6.29 Å². The highest BCUT2D eigenvalue weighted by molar-refractivity contribution is 6.99. The standard InChI is InChI=1S/C37H44O4Si/c1-37(2,3)42(32-22-12-6-13-23-32,33-24-14-7-15-25-33)40-27-17-16-26-34(38-28-30-18-8-4-9-19-30)35-29-39-36(41-35)31-20-10-5-11-21-31/h4-15,18-25,34-36H,16-17,26-29H2,1-3H3/t34-,35+,36?/m1/s1. The Labute approximate surface area is 252 Å². The van der Waals surface area contributed by atoms with Gasteiger partial charge >= 0.3 is 0 Å². The van der Waals surface area contributed by atoms with Crippen LogP contribution in [0.4, 0.5) is 0 Å². The van der Waals surface area contributed by atoms with Crippen LogP contribution in [-0.2, 0) is 25.2 Å². The number of ether oxygens (including phenoxy) is 3. The van der Waals surface area contributed by atoms with Gasteiger partial charge in [-0.2, -0.15) is 0 Å². The van der Waals surface area contributed by atoms with E-state index < -0.39 is 8.32 Å². The number of rotatable bonds is 13. The summed E-state index contributed by atoms with van der Waals surface area (Å²) in [6.07, 6.45) is 2.28. The highest BCUT2D eigenvalue weighted by atomic mass is 28.4. The normalized spacial score (nSPS) is 18.2. The molecule has 0 radical (unpaired) electrons. The van der Waals surface area contributed by atoms with Crippen LogP contribution in [0.15, 0.2) is 121 Å². The molecule has 1 saturated heterocycles. The molecule has 1 aliphatic heterocycles. The van der Waals surface area contributed by atoms with Gasteiger partial charge in [-0.1, -0.05) is 142 Å². The fraction of sp³-hybridized carbons (Fsp3) is 0.351. The van der Waals surface area contributed by atoms with Crippen molar-refractivity contribution in [1.29, 1.82) is 0 Å². The molecule has 4 aromatic rings. The molecule has 0 amide bonds. The SMILES string of the molecule is CC(C)(C)[Si](OCCCC[C@@H](OCc1ccccc1)[C@@H]1COC(c2ccccc2)O1)(c1ccccc1)c1ccccc1. The Kier molecular flexibility index (Phi) is 10.4. The zero-order valence-corrected chi connectivity index (χ0v) is 26.2. The molecule has 0 N–H and O–H groups in total. The molecule has 1 aliphatic rings. The van der Waals surface area contributed by atoms with E-state index in [4.69, 9.17) is 18.6 Å². The Balaban J connectivity index is 1.25. The van der Waals surface area contributed by atoms with E-state index in [0.717, 1.165) is 30.4 Å². The molecule has 0 aromatic heterocycles. The van der Waals surface area contributed by atoms with Crippen molar-refractivity contribution in [2.45, 2.75) is 70.2 Å². The lowest BCUT2D eigenvalue weighted by Crippen LogP contribution is -2.66. The second kappa shape index (κ2) is 14.4. The molecular formula is C37H44O4Si. The molecule has 220 valence electrons. The molecule has 1 unspecified atom stereocenters. The molecule has 0 bridgehead atoms. The van der Waals surface area contributed by atoms with Gasteiger partial charge in [0.1, 0.15) is 6.10 Å². The average molecular weight is 581 g/mol. The summed E-state index contributed by atoms with van der Waals surface area (Å²) in [6, 6.07) is 42.2. The Morgan fingerprint density at radius 3 is 1.86 bits per heavy atom. The minimum atomic E-state index is -2.53. The van der Waals surface area contributed by atoms with Gasteiger partial charge < -0.3 is 18.6 Å². The monoisotopic (exact) mass is 580 g/mol. The third kappa shape index (κ3) is 7.28.